The van der Waals surface area contributed by atoms with Gasteiger partial charge >= 0.3 is 12.4 Å². The first kappa shape index (κ1) is 24.5. The maximum atomic E-state index is 15.1. The number of carbonyl (C=O) groups excluding carboxylic acids is 2. The Morgan fingerprint density at radius 3 is 2.22 bits per heavy atom. The fraction of sp³-hybridized carbons (Fsp3) is 0.458. The van der Waals surface area contributed by atoms with Gasteiger partial charge in [-0.15, -0.1) is 0 Å². The van der Waals surface area contributed by atoms with Crippen LogP contribution in [0.1, 0.15) is 58.8 Å². The molecular formula is C24H20F7N3O2. The van der Waals surface area contributed by atoms with Gasteiger partial charge in [-0.05, 0) is 67.3 Å². The molecule has 192 valence electrons. The minimum atomic E-state index is -4.75. The van der Waals surface area contributed by atoms with Gasteiger partial charge < -0.3 is 10.6 Å². The fourth-order valence-corrected chi connectivity index (χ4v) is 5.85. The number of amides is 2. The minimum Gasteiger partial charge on any atom is -0.368 e. The smallest absolute Gasteiger partial charge is 0.368 e. The molecule has 3 fully saturated rings. The number of fused-ring (bicyclic) bond motifs is 1. The van der Waals surface area contributed by atoms with Gasteiger partial charge in [0.25, 0.3) is 5.91 Å². The summed E-state index contributed by atoms with van der Waals surface area (Å²) in [5.41, 5.74) is 1.54. The number of hydrogen-bond acceptors (Lipinski definition) is 3. The molecule has 3 unspecified atom stereocenters. The molecule has 2 aliphatic carbocycles. The van der Waals surface area contributed by atoms with Crippen molar-refractivity contribution in [1.82, 2.24) is 9.88 Å². The first-order chi connectivity index (χ1) is 16.7. The summed E-state index contributed by atoms with van der Waals surface area (Å²) in [5, 5.41) is 0. The van der Waals surface area contributed by atoms with Crippen LogP contribution < -0.4 is 5.73 Å². The monoisotopic (exact) mass is 515 g/mol. The third kappa shape index (κ3) is 3.90. The van der Waals surface area contributed by atoms with Crippen molar-refractivity contribution in [3.63, 3.8) is 0 Å². The average Bonchev–Trinajstić information content (AvgIpc) is 3.71. The number of pyridine rings is 1. The molecule has 5 rings (SSSR count). The van der Waals surface area contributed by atoms with Crippen LogP contribution in [0.3, 0.4) is 0 Å². The molecule has 2 N–H and O–H groups in total. The molecular weight excluding hydrogens is 495 g/mol. The number of hydrogen-bond donors (Lipinski definition) is 1. The molecule has 2 heterocycles. The van der Waals surface area contributed by atoms with Crippen LogP contribution in [-0.4, -0.2) is 33.3 Å². The summed E-state index contributed by atoms with van der Waals surface area (Å²) in [7, 11) is 0. The second kappa shape index (κ2) is 7.91. The van der Waals surface area contributed by atoms with E-state index in [2.05, 4.69) is 4.98 Å². The third-order valence-electron chi connectivity index (χ3n) is 7.54. The summed E-state index contributed by atoms with van der Waals surface area (Å²) in [4.78, 5) is 30.8. The number of aromatic nitrogens is 1. The lowest BCUT2D eigenvalue weighted by atomic mass is 9.82. The second-order valence-electron chi connectivity index (χ2n) is 9.70. The Morgan fingerprint density at radius 2 is 1.67 bits per heavy atom. The topological polar surface area (TPSA) is 76.3 Å². The van der Waals surface area contributed by atoms with Gasteiger partial charge in [0, 0.05) is 12.1 Å². The summed E-state index contributed by atoms with van der Waals surface area (Å²) in [5.74, 6) is -4.14. The summed E-state index contributed by atoms with van der Waals surface area (Å²) < 4.78 is 94.2. The van der Waals surface area contributed by atoms with Crippen LogP contribution in [-0.2, 0) is 17.1 Å². The van der Waals surface area contributed by atoms with Gasteiger partial charge in [0.2, 0.25) is 5.91 Å². The van der Waals surface area contributed by atoms with Crippen molar-refractivity contribution in [1.29, 1.82) is 0 Å². The zero-order valence-corrected chi connectivity index (χ0v) is 18.5. The van der Waals surface area contributed by atoms with E-state index in [9.17, 15) is 35.9 Å². The van der Waals surface area contributed by atoms with Crippen molar-refractivity contribution in [2.24, 2.45) is 17.6 Å². The molecule has 0 spiro atoms. The van der Waals surface area contributed by atoms with E-state index in [0.29, 0.717) is 37.5 Å². The minimum absolute atomic E-state index is 0.0204. The molecule has 2 amide bonds. The van der Waals surface area contributed by atoms with Crippen molar-refractivity contribution in [2.45, 2.75) is 55.5 Å². The molecule has 4 atom stereocenters. The van der Waals surface area contributed by atoms with Crippen LogP contribution in [0.25, 0.3) is 0 Å². The first-order valence-corrected chi connectivity index (χ1v) is 11.3. The van der Waals surface area contributed by atoms with Crippen molar-refractivity contribution >= 4 is 11.8 Å². The summed E-state index contributed by atoms with van der Waals surface area (Å²) in [6.07, 6.45) is -6.96. The lowest BCUT2D eigenvalue weighted by molar-refractivity contribution is -0.138. The standard InChI is InChI=1S/C24H20F7N3O2/c25-16-7-12(23(26,27)28)3-4-15(16)19(11-1-2-11)22-10-14(22)9-18(20(32)35)34(22)21(36)17-8-13(5-6-33-17)24(29,30)31/h3-8,11,14,18-19H,1-2,9-10H2,(H2,32,35)/t14?,18?,19-,22?/m1/s1. The Hall–Kier alpha value is -3.18. The fourth-order valence-electron chi connectivity index (χ4n) is 5.85. The quantitative estimate of drug-likeness (QED) is 0.575. The van der Waals surface area contributed by atoms with Crippen molar-refractivity contribution in [3.8, 4) is 0 Å². The van der Waals surface area contributed by atoms with Crippen LogP contribution in [0.5, 0.6) is 0 Å². The van der Waals surface area contributed by atoms with Gasteiger partial charge in [0.1, 0.15) is 17.6 Å². The SMILES string of the molecule is NC(=O)C1CC2CC2([C@@H](c2ccc(C(F)(F)F)cc2F)C2CC2)N1C(=O)c1cc(C(F)(F)F)ccn1. The van der Waals surface area contributed by atoms with E-state index in [-0.39, 0.29) is 23.8 Å². The molecule has 1 aliphatic heterocycles. The highest BCUT2D eigenvalue weighted by Crippen LogP contribution is 2.69. The maximum Gasteiger partial charge on any atom is 0.416 e. The molecule has 5 nitrogen and oxygen atoms in total. The van der Waals surface area contributed by atoms with Crippen molar-refractivity contribution in [3.05, 3.63) is 64.7 Å². The summed E-state index contributed by atoms with van der Waals surface area (Å²) in [6, 6.07) is 2.34. The normalized spacial score (nSPS) is 26.5. The second-order valence-corrected chi connectivity index (χ2v) is 9.70. The number of benzene rings is 1. The van der Waals surface area contributed by atoms with Gasteiger partial charge in [-0.3, -0.25) is 14.6 Å². The van der Waals surface area contributed by atoms with Gasteiger partial charge in [-0.2, -0.15) is 26.3 Å². The van der Waals surface area contributed by atoms with Crippen molar-refractivity contribution < 1.29 is 40.3 Å². The average molecular weight is 515 g/mol. The predicted octanol–water partition coefficient (Wildman–Crippen LogP) is 4.91. The molecule has 1 aromatic carbocycles. The lowest BCUT2D eigenvalue weighted by Gasteiger charge is -2.38. The molecule has 1 aromatic heterocycles. The number of likely N-dealkylation sites (tertiary alicyclic amines) is 1. The van der Waals surface area contributed by atoms with Crippen LogP contribution >= 0.6 is 0 Å². The van der Waals surface area contributed by atoms with E-state index in [1.54, 1.807) is 0 Å². The van der Waals surface area contributed by atoms with E-state index in [1.807, 2.05) is 0 Å². The predicted molar refractivity (Wildman–Crippen MR) is 111 cm³/mol. The molecule has 2 aromatic rings. The highest BCUT2D eigenvalue weighted by atomic mass is 19.4. The number of primary amides is 1. The number of carbonyl (C=O) groups is 2. The zero-order valence-electron chi connectivity index (χ0n) is 18.5. The molecule has 3 aliphatic rings. The van der Waals surface area contributed by atoms with E-state index in [1.165, 1.54) is 0 Å². The number of nitrogens with two attached hydrogens (primary N) is 1. The van der Waals surface area contributed by atoms with Crippen LogP contribution in [0.4, 0.5) is 30.7 Å². The van der Waals surface area contributed by atoms with Crippen LogP contribution in [0.15, 0.2) is 36.5 Å². The molecule has 12 heteroatoms. The Balaban J connectivity index is 1.59. The Morgan fingerprint density at radius 1 is 1.03 bits per heavy atom. The number of piperidine rings is 1. The number of alkyl halides is 6. The summed E-state index contributed by atoms with van der Waals surface area (Å²) in [6.45, 7) is 0. The van der Waals surface area contributed by atoms with E-state index >= 15 is 4.39 Å². The Labute approximate surface area is 200 Å². The van der Waals surface area contributed by atoms with Gasteiger partial charge in [-0.25, -0.2) is 4.39 Å². The van der Waals surface area contributed by atoms with E-state index in [0.717, 1.165) is 23.2 Å². The van der Waals surface area contributed by atoms with Gasteiger partial charge in [0.05, 0.1) is 16.7 Å². The largest absolute Gasteiger partial charge is 0.416 e. The maximum absolute atomic E-state index is 15.1. The Bertz CT molecular complexity index is 1240. The molecule has 0 bridgehead atoms. The molecule has 36 heavy (non-hydrogen) atoms. The van der Waals surface area contributed by atoms with Gasteiger partial charge in [-0.1, -0.05) is 6.07 Å². The number of halogens is 7. The van der Waals surface area contributed by atoms with E-state index in [4.69, 9.17) is 5.73 Å². The number of nitrogens with zero attached hydrogens (tertiary/aromatic N) is 2. The van der Waals surface area contributed by atoms with Crippen LogP contribution in [0, 0.1) is 17.7 Å². The lowest BCUT2D eigenvalue weighted by Crippen LogP contribution is -2.53. The van der Waals surface area contributed by atoms with Gasteiger partial charge in [0.15, 0.2) is 0 Å². The molecule has 1 saturated heterocycles. The van der Waals surface area contributed by atoms with E-state index < -0.39 is 64.3 Å². The highest BCUT2D eigenvalue weighted by Gasteiger charge is 2.73. The zero-order chi connectivity index (χ0) is 26.2. The third-order valence-corrected chi connectivity index (χ3v) is 7.54. The van der Waals surface area contributed by atoms with Crippen LogP contribution in [0.2, 0.25) is 0 Å². The number of rotatable bonds is 5. The Kier molecular flexibility index (Phi) is 5.38. The first-order valence-electron chi connectivity index (χ1n) is 11.3. The van der Waals surface area contributed by atoms with Crippen molar-refractivity contribution in [2.75, 3.05) is 0 Å². The highest BCUT2D eigenvalue weighted by molar-refractivity contribution is 5.98. The molecule has 0 radical (unpaired) electrons. The summed E-state index contributed by atoms with van der Waals surface area (Å²) >= 11 is 0. The molecule has 2 saturated carbocycles.